The number of fused-ring (bicyclic) bond motifs is 1. The molecule has 0 spiro atoms. The van der Waals surface area contributed by atoms with Crippen LogP contribution >= 0.6 is 11.3 Å². The van der Waals surface area contributed by atoms with Gasteiger partial charge in [-0.3, -0.25) is 9.88 Å². The highest BCUT2D eigenvalue weighted by atomic mass is 32.1. The SMILES string of the molecule is Cc1sc2nc(-c3cccnc3)nc(NC[C@H](c3ccco3)N(C)C)c2c1C. The van der Waals surface area contributed by atoms with Crippen molar-refractivity contribution >= 4 is 27.4 Å². The van der Waals surface area contributed by atoms with Crippen molar-refractivity contribution in [3.05, 3.63) is 59.1 Å². The number of nitrogens with one attached hydrogen (secondary N) is 1. The average molecular weight is 394 g/mol. The van der Waals surface area contributed by atoms with Crippen molar-refractivity contribution in [2.45, 2.75) is 19.9 Å². The zero-order chi connectivity index (χ0) is 19.7. The summed E-state index contributed by atoms with van der Waals surface area (Å²) in [6.45, 7) is 4.93. The number of aryl methyl sites for hydroxylation is 2. The molecule has 0 radical (unpaired) electrons. The topological polar surface area (TPSA) is 67.1 Å². The van der Waals surface area contributed by atoms with Gasteiger partial charge in [-0.2, -0.15) is 0 Å². The van der Waals surface area contributed by atoms with Crippen LogP contribution in [0.15, 0.2) is 47.3 Å². The molecule has 1 atom stereocenters. The Bertz CT molecular complexity index is 1070. The maximum absolute atomic E-state index is 5.63. The van der Waals surface area contributed by atoms with Gasteiger partial charge in [0.2, 0.25) is 0 Å². The second-order valence-electron chi connectivity index (χ2n) is 6.98. The Morgan fingerprint density at radius 3 is 2.71 bits per heavy atom. The van der Waals surface area contributed by atoms with Crippen LogP contribution in [0.3, 0.4) is 0 Å². The maximum Gasteiger partial charge on any atom is 0.164 e. The summed E-state index contributed by atoms with van der Waals surface area (Å²) in [6.07, 6.45) is 5.26. The van der Waals surface area contributed by atoms with Crippen LogP contribution in [0.1, 0.15) is 22.2 Å². The second kappa shape index (κ2) is 7.69. The fourth-order valence-corrected chi connectivity index (χ4v) is 4.24. The Kier molecular flexibility index (Phi) is 5.11. The van der Waals surface area contributed by atoms with Gasteiger partial charge < -0.3 is 9.73 Å². The van der Waals surface area contributed by atoms with E-state index < -0.39 is 0 Å². The predicted octanol–water partition coefficient (Wildman–Crippen LogP) is 4.68. The fraction of sp³-hybridized carbons (Fsp3) is 0.286. The summed E-state index contributed by atoms with van der Waals surface area (Å²) in [4.78, 5) is 18.2. The quantitative estimate of drug-likeness (QED) is 0.513. The van der Waals surface area contributed by atoms with Gasteiger partial charge in [0.15, 0.2) is 5.82 Å². The molecule has 0 saturated carbocycles. The van der Waals surface area contributed by atoms with E-state index in [0.717, 1.165) is 27.4 Å². The first-order chi connectivity index (χ1) is 13.5. The molecule has 0 bridgehead atoms. The molecule has 0 aliphatic rings. The summed E-state index contributed by atoms with van der Waals surface area (Å²) in [5.74, 6) is 2.46. The zero-order valence-corrected chi connectivity index (χ0v) is 17.2. The molecular formula is C21H23N5OS. The van der Waals surface area contributed by atoms with Gasteiger partial charge >= 0.3 is 0 Å². The number of rotatable bonds is 6. The molecule has 4 rings (SSSR count). The van der Waals surface area contributed by atoms with Crippen LogP contribution in [-0.4, -0.2) is 40.5 Å². The smallest absolute Gasteiger partial charge is 0.164 e. The molecule has 6 nitrogen and oxygen atoms in total. The van der Waals surface area contributed by atoms with E-state index in [4.69, 9.17) is 14.4 Å². The molecule has 1 N–H and O–H groups in total. The van der Waals surface area contributed by atoms with Crippen molar-refractivity contribution in [3.8, 4) is 11.4 Å². The minimum Gasteiger partial charge on any atom is -0.468 e. The molecule has 0 aliphatic heterocycles. The number of hydrogen-bond acceptors (Lipinski definition) is 7. The summed E-state index contributed by atoms with van der Waals surface area (Å²) in [6, 6.07) is 7.91. The van der Waals surface area contributed by atoms with Crippen molar-refractivity contribution in [1.82, 2.24) is 19.9 Å². The van der Waals surface area contributed by atoms with Crippen LogP contribution in [0.4, 0.5) is 5.82 Å². The van der Waals surface area contributed by atoms with Crippen molar-refractivity contribution in [1.29, 1.82) is 0 Å². The third kappa shape index (κ3) is 3.50. The van der Waals surface area contributed by atoms with Crippen molar-refractivity contribution in [3.63, 3.8) is 0 Å². The summed E-state index contributed by atoms with van der Waals surface area (Å²) in [7, 11) is 4.09. The molecule has 4 heterocycles. The molecule has 0 fully saturated rings. The van der Waals surface area contributed by atoms with Gasteiger partial charge in [0.25, 0.3) is 0 Å². The second-order valence-corrected chi connectivity index (χ2v) is 8.18. The number of likely N-dealkylation sites (N-methyl/N-ethyl adjacent to an activating group) is 1. The van der Waals surface area contributed by atoms with E-state index in [1.54, 1.807) is 30.0 Å². The molecule has 28 heavy (non-hydrogen) atoms. The normalized spacial score (nSPS) is 12.6. The lowest BCUT2D eigenvalue weighted by Crippen LogP contribution is -2.26. The molecule has 144 valence electrons. The Balaban J connectivity index is 1.74. The van der Waals surface area contributed by atoms with E-state index in [1.807, 2.05) is 38.4 Å². The number of aromatic nitrogens is 3. The summed E-state index contributed by atoms with van der Waals surface area (Å²) < 4.78 is 5.63. The van der Waals surface area contributed by atoms with E-state index in [2.05, 4.69) is 29.0 Å². The maximum atomic E-state index is 5.63. The van der Waals surface area contributed by atoms with Gasteiger partial charge in [-0.15, -0.1) is 11.3 Å². The van der Waals surface area contributed by atoms with Crippen LogP contribution in [0.25, 0.3) is 21.6 Å². The number of hydrogen-bond donors (Lipinski definition) is 1. The van der Waals surface area contributed by atoms with Crippen LogP contribution in [0.2, 0.25) is 0 Å². The Morgan fingerprint density at radius 1 is 1.18 bits per heavy atom. The first-order valence-corrected chi connectivity index (χ1v) is 9.98. The Morgan fingerprint density at radius 2 is 2.04 bits per heavy atom. The number of furan rings is 1. The number of thiophene rings is 1. The van der Waals surface area contributed by atoms with Gasteiger partial charge in [-0.05, 0) is 57.8 Å². The van der Waals surface area contributed by atoms with E-state index in [1.165, 1.54) is 10.4 Å². The number of nitrogens with zero attached hydrogens (tertiary/aromatic N) is 4. The number of anilines is 1. The molecule has 0 saturated heterocycles. The lowest BCUT2D eigenvalue weighted by Gasteiger charge is -2.23. The van der Waals surface area contributed by atoms with Crippen LogP contribution in [-0.2, 0) is 0 Å². The summed E-state index contributed by atoms with van der Waals surface area (Å²) >= 11 is 1.70. The Labute approximate surface area is 168 Å². The van der Waals surface area contributed by atoms with Crippen LogP contribution in [0, 0.1) is 13.8 Å². The predicted molar refractivity (Wildman–Crippen MR) is 114 cm³/mol. The Hall–Kier alpha value is -2.77. The van der Waals surface area contributed by atoms with Gasteiger partial charge in [-0.25, -0.2) is 9.97 Å². The molecule has 4 aromatic rings. The van der Waals surface area contributed by atoms with Gasteiger partial charge in [-0.1, -0.05) is 0 Å². The van der Waals surface area contributed by atoms with Crippen molar-refractivity contribution in [2.75, 3.05) is 26.0 Å². The third-order valence-electron chi connectivity index (χ3n) is 4.91. The van der Waals surface area contributed by atoms with Crippen molar-refractivity contribution in [2.24, 2.45) is 0 Å². The minimum atomic E-state index is 0.0990. The molecule has 0 aromatic carbocycles. The largest absolute Gasteiger partial charge is 0.468 e. The molecule has 0 aliphatic carbocycles. The highest BCUT2D eigenvalue weighted by Crippen LogP contribution is 2.35. The zero-order valence-electron chi connectivity index (χ0n) is 16.4. The molecule has 0 amide bonds. The molecule has 0 unspecified atom stereocenters. The number of pyridine rings is 1. The lowest BCUT2D eigenvalue weighted by molar-refractivity contribution is 0.269. The standard InChI is InChI=1S/C21H23N5OS/c1-13-14(2)28-21-18(13)20(24-19(25-21)15-7-5-9-22-11-15)23-12-16(26(3)4)17-8-6-10-27-17/h5-11,16H,12H2,1-4H3,(H,23,24,25)/t16-/m1/s1. The lowest BCUT2D eigenvalue weighted by atomic mass is 10.1. The van der Waals surface area contributed by atoms with Gasteiger partial charge in [0, 0.05) is 29.4 Å². The van der Waals surface area contributed by atoms with Gasteiger partial charge in [0.05, 0.1) is 17.7 Å². The highest BCUT2D eigenvalue weighted by molar-refractivity contribution is 7.18. The van der Waals surface area contributed by atoms with E-state index in [-0.39, 0.29) is 6.04 Å². The van der Waals surface area contributed by atoms with Gasteiger partial charge in [0.1, 0.15) is 16.4 Å². The molecule has 4 aromatic heterocycles. The van der Waals surface area contributed by atoms with E-state index >= 15 is 0 Å². The van der Waals surface area contributed by atoms with E-state index in [9.17, 15) is 0 Å². The minimum absolute atomic E-state index is 0.0990. The van der Waals surface area contributed by atoms with Crippen molar-refractivity contribution < 1.29 is 4.42 Å². The third-order valence-corrected chi connectivity index (χ3v) is 6.01. The first-order valence-electron chi connectivity index (χ1n) is 9.16. The first kappa shape index (κ1) is 18.6. The molecule has 7 heteroatoms. The summed E-state index contributed by atoms with van der Waals surface area (Å²) in [5, 5.41) is 4.65. The fourth-order valence-electron chi connectivity index (χ4n) is 3.21. The molecular weight excluding hydrogens is 370 g/mol. The summed E-state index contributed by atoms with van der Waals surface area (Å²) in [5.41, 5.74) is 2.13. The van der Waals surface area contributed by atoms with Crippen LogP contribution in [0.5, 0.6) is 0 Å². The monoisotopic (exact) mass is 393 g/mol. The van der Waals surface area contributed by atoms with E-state index in [0.29, 0.717) is 12.4 Å². The van der Waals surface area contributed by atoms with Crippen LogP contribution < -0.4 is 5.32 Å². The average Bonchev–Trinajstić information content (AvgIpc) is 3.31. The highest BCUT2D eigenvalue weighted by Gasteiger charge is 2.20.